The van der Waals surface area contributed by atoms with Crippen molar-refractivity contribution in [2.75, 3.05) is 13.1 Å². The molecule has 0 bridgehead atoms. The van der Waals surface area contributed by atoms with Crippen LogP contribution in [0.15, 0.2) is 69.4 Å². The SMILES string of the molecule is Cc1csc(-c2cccc3oc(-c4ccccc4C4=NCCN4)cc23)c1. The van der Waals surface area contributed by atoms with E-state index >= 15 is 0 Å². The molecule has 2 aromatic carbocycles. The Bertz CT molecular complexity index is 1140. The van der Waals surface area contributed by atoms with Crippen molar-refractivity contribution < 1.29 is 4.42 Å². The number of thiophene rings is 1. The fourth-order valence-electron chi connectivity index (χ4n) is 3.46. The van der Waals surface area contributed by atoms with Crippen LogP contribution in [0.1, 0.15) is 11.1 Å². The molecule has 0 spiro atoms. The zero-order valence-corrected chi connectivity index (χ0v) is 15.3. The van der Waals surface area contributed by atoms with Crippen LogP contribution in [0.3, 0.4) is 0 Å². The van der Waals surface area contributed by atoms with Crippen LogP contribution < -0.4 is 5.32 Å². The molecule has 4 heteroatoms. The summed E-state index contributed by atoms with van der Waals surface area (Å²) in [6.45, 7) is 3.85. The highest BCUT2D eigenvalue weighted by Gasteiger charge is 2.17. The molecule has 26 heavy (non-hydrogen) atoms. The number of amidine groups is 1. The number of hydrogen-bond acceptors (Lipinski definition) is 4. The van der Waals surface area contributed by atoms with E-state index in [9.17, 15) is 0 Å². The second kappa shape index (κ2) is 6.15. The third-order valence-corrected chi connectivity index (χ3v) is 5.76. The van der Waals surface area contributed by atoms with E-state index in [0.29, 0.717) is 0 Å². The van der Waals surface area contributed by atoms with E-state index < -0.39 is 0 Å². The summed E-state index contributed by atoms with van der Waals surface area (Å²) in [6.07, 6.45) is 0. The molecule has 0 saturated carbocycles. The summed E-state index contributed by atoms with van der Waals surface area (Å²) in [4.78, 5) is 5.85. The van der Waals surface area contributed by atoms with Gasteiger partial charge in [0.15, 0.2) is 0 Å². The Kier molecular flexibility index (Phi) is 3.64. The summed E-state index contributed by atoms with van der Waals surface area (Å²) in [5, 5.41) is 6.71. The van der Waals surface area contributed by atoms with E-state index in [4.69, 9.17) is 4.42 Å². The first-order valence-corrected chi connectivity index (χ1v) is 9.64. The first kappa shape index (κ1) is 15.4. The third kappa shape index (κ3) is 2.54. The summed E-state index contributed by atoms with van der Waals surface area (Å²) in [5.74, 6) is 1.84. The summed E-state index contributed by atoms with van der Waals surface area (Å²) in [7, 11) is 0. The number of aryl methyl sites for hydroxylation is 1. The molecule has 0 radical (unpaired) electrons. The van der Waals surface area contributed by atoms with Crippen molar-refractivity contribution in [3.63, 3.8) is 0 Å². The zero-order valence-electron chi connectivity index (χ0n) is 14.5. The lowest BCUT2D eigenvalue weighted by atomic mass is 10.0. The molecule has 3 heterocycles. The number of rotatable bonds is 3. The third-order valence-electron chi connectivity index (χ3n) is 4.68. The van der Waals surface area contributed by atoms with Crippen LogP contribution in [0.5, 0.6) is 0 Å². The molecule has 1 N–H and O–H groups in total. The normalized spacial score (nSPS) is 13.8. The highest BCUT2D eigenvalue weighted by molar-refractivity contribution is 7.13. The van der Waals surface area contributed by atoms with Gasteiger partial charge in [-0.15, -0.1) is 11.3 Å². The van der Waals surface area contributed by atoms with E-state index in [1.165, 1.54) is 16.0 Å². The largest absolute Gasteiger partial charge is 0.456 e. The molecule has 0 fully saturated rings. The molecule has 1 aliphatic rings. The maximum absolute atomic E-state index is 6.25. The molecular weight excluding hydrogens is 340 g/mol. The Labute approximate surface area is 156 Å². The Balaban J connectivity index is 1.68. The van der Waals surface area contributed by atoms with Crippen LogP contribution in [0.2, 0.25) is 0 Å². The van der Waals surface area contributed by atoms with Crippen LogP contribution in [0.25, 0.3) is 32.7 Å². The predicted octanol–water partition coefficient (Wildman–Crippen LogP) is 5.49. The Morgan fingerprint density at radius 1 is 1.00 bits per heavy atom. The summed E-state index contributed by atoms with van der Waals surface area (Å²) >= 11 is 1.78. The van der Waals surface area contributed by atoms with Crippen molar-refractivity contribution >= 4 is 28.1 Å². The van der Waals surface area contributed by atoms with Gasteiger partial charge in [0.25, 0.3) is 0 Å². The second-order valence-electron chi connectivity index (χ2n) is 6.52. The molecule has 4 aromatic rings. The average molecular weight is 358 g/mol. The average Bonchev–Trinajstić information content (AvgIpc) is 3.41. The lowest BCUT2D eigenvalue weighted by molar-refractivity contribution is 0.631. The summed E-state index contributed by atoms with van der Waals surface area (Å²) in [6, 6.07) is 19.0. The van der Waals surface area contributed by atoms with Crippen LogP contribution in [0.4, 0.5) is 0 Å². The molecular formula is C22H18N2OS. The molecule has 0 unspecified atom stereocenters. The fourth-order valence-corrected chi connectivity index (χ4v) is 4.40. The maximum atomic E-state index is 6.25. The number of aliphatic imine (C=N–C) groups is 1. The number of hydrogen-bond donors (Lipinski definition) is 1. The lowest BCUT2D eigenvalue weighted by Gasteiger charge is -2.07. The summed E-state index contributed by atoms with van der Waals surface area (Å²) in [5.41, 5.74) is 5.60. The fraction of sp³-hybridized carbons (Fsp3) is 0.136. The van der Waals surface area contributed by atoms with Crippen molar-refractivity contribution in [2.45, 2.75) is 6.92 Å². The molecule has 1 aliphatic heterocycles. The Morgan fingerprint density at radius 3 is 2.62 bits per heavy atom. The molecule has 3 nitrogen and oxygen atoms in total. The molecule has 0 amide bonds. The van der Waals surface area contributed by atoms with Gasteiger partial charge in [0.1, 0.15) is 17.2 Å². The predicted molar refractivity (Wildman–Crippen MR) is 109 cm³/mol. The number of fused-ring (bicyclic) bond motifs is 1. The van der Waals surface area contributed by atoms with Gasteiger partial charge in [-0.3, -0.25) is 4.99 Å². The van der Waals surface area contributed by atoms with E-state index in [-0.39, 0.29) is 0 Å². The van der Waals surface area contributed by atoms with Crippen LogP contribution >= 0.6 is 11.3 Å². The number of furan rings is 1. The van der Waals surface area contributed by atoms with Crippen molar-refractivity contribution in [2.24, 2.45) is 4.99 Å². The van der Waals surface area contributed by atoms with Crippen molar-refractivity contribution in [3.05, 3.63) is 71.1 Å². The number of nitrogens with zero attached hydrogens (tertiary/aromatic N) is 1. The van der Waals surface area contributed by atoms with Crippen LogP contribution in [-0.2, 0) is 0 Å². The highest BCUT2D eigenvalue weighted by atomic mass is 32.1. The molecule has 0 aliphatic carbocycles. The first-order chi connectivity index (χ1) is 12.8. The number of benzene rings is 2. The second-order valence-corrected chi connectivity index (χ2v) is 7.43. The van der Waals surface area contributed by atoms with Gasteiger partial charge in [-0.1, -0.05) is 36.4 Å². The van der Waals surface area contributed by atoms with Crippen LogP contribution in [0, 0.1) is 6.92 Å². The standard InChI is InChI=1S/C22H18N2OS/c1-14-11-21(26-13-14)16-7-4-8-19-18(16)12-20(25-19)15-5-2-3-6-17(15)22-23-9-10-24-22/h2-8,11-13H,9-10H2,1H3,(H,23,24). The molecule has 128 valence electrons. The number of nitrogens with one attached hydrogen (secondary N) is 1. The zero-order chi connectivity index (χ0) is 17.5. The van der Waals surface area contributed by atoms with Gasteiger partial charge in [0.2, 0.25) is 0 Å². The van der Waals surface area contributed by atoms with Gasteiger partial charge in [0, 0.05) is 33.5 Å². The molecule has 5 rings (SSSR count). The molecule has 0 saturated heterocycles. The smallest absolute Gasteiger partial charge is 0.136 e. The first-order valence-electron chi connectivity index (χ1n) is 8.76. The van der Waals surface area contributed by atoms with Crippen molar-refractivity contribution in [1.29, 1.82) is 0 Å². The van der Waals surface area contributed by atoms with Gasteiger partial charge in [-0.05, 0) is 36.1 Å². The maximum Gasteiger partial charge on any atom is 0.136 e. The quantitative estimate of drug-likeness (QED) is 0.526. The van der Waals surface area contributed by atoms with E-state index in [1.54, 1.807) is 11.3 Å². The van der Waals surface area contributed by atoms with Gasteiger partial charge < -0.3 is 9.73 Å². The van der Waals surface area contributed by atoms with Gasteiger partial charge >= 0.3 is 0 Å². The minimum Gasteiger partial charge on any atom is -0.456 e. The monoisotopic (exact) mass is 358 g/mol. The van der Waals surface area contributed by atoms with Gasteiger partial charge in [-0.25, -0.2) is 0 Å². The van der Waals surface area contributed by atoms with Crippen LogP contribution in [-0.4, -0.2) is 18.9 Å². The minimum atomic E-state index is 0.825. The van der Waals surface area contributed by atoms with Gasteiger partial charge in [-0.2, -0.15) is 0 Å². The highest BCUT2D eigenvalue weighted by Crippen LogP contribution is 2.37. The van der Waals surface area contributed by atoms with E-state index in [1.807, 2.05) is 18.2 Å². The van der Waals surface area contributed by atoms with E-state index in [2.05, 4.69) is 59.0 Å². The van der Waals surface area contributed by atoms with E-state index in [0.717, 1.165) is 46.8 Å². The van der Waals surface area contributed by atoms with Crippen molar-refractivity contribution in [1.82, 2.24) is 5.32 Å². The molecule has 2 aromatic heterocycles. The van der Waals surface area contributed by atoms with Crippen molar-refractivity contribution in [3.8, 4) is 21.8 Å². The topological polar surface area (TPSA) is 37.5 Å². The lowest BCUT2D eigenvalue weighted by Crippen LogP contribution is -2.20. The molecule has 0 atom stereocenters. The Hall–Kier alpha value is -2.85. The minimum absolute atomic E-state index is 0.825. The van der Waals surface area contributed by atoms with Gasteiger partial charge in [0.05, 0.1) is 6.54 Å². The summed E-state index contributed by atoms with van der Waals surface area (Å²) < 4.78 is 6.25. The Morgan fingerprint density at radius 2 is 1.85 bits per heavy atom.